The molecule has 0 saturated carbocycles. The van der Waals surface area contributed by atoms with Crippen LogP contribution in [0.5, 0.6) is 0 Å². The van der Waals surface area contributed by atoms with E-state index in [0.29, 0.717) is 42.7 Å². The van der Waals surface area contributed by atoms with Crippen molar-refractivity contribution in [3.05, 3.63) is 71.8 Å². The largest absolute Gasteiger partial charge is 0.394 e. The normalized spacial score (nSPS) is 15.8. The third-order valence-corrected chi connectivity index (χ3v) is 12.0. The highest BCUT2D eigenvalue weighted by molar-refractivity contribution is 7.98. The predicted octanol–water partition coefficient (Wildman–Crippen LogP) is -4.74. The maximum Gasteiger partial charge on any atom is 0.245 e. The lowest BCUT2D eigenvalue weighted by Crippen LogP contribution is -2.59. The molecule has 0 aliphatic carbocycles. The smallest absolute Gasteiger partial charge is 0.245 e. The van der Waals surface area contributed by atoms with E-state index in [0.717, 1.165) is 0 Å². The van der Waals surface area contributed by atoms with E-state index < -0.39 is 127 Å². The van der Waals surface area contributed by atoms with Crippen molar-refractivity contribution < 1.29 is 53.1 Å². The van der Waals surface area contributed by atoms with Crippen LogP contribution in [0.3, 0.4) is 0 Å². The minimum Gasteiger partial charge on any atom is -0.394 e. The van der Waals surface area contributed by atoms with E-state index in [-0.39, 0.29) is 38.2 Å². The number of primary amides is 1. The van der Waals surface area contributed by atoms with Crippen LogP contribution in [0.15, 0.2) is 65.7 Å². The number of rotatable bonds is 30. The minimum absolute atomic E-state index is 0.0468. The third kappa shape index (κ3) is 21.1. The van der Waals surface area contributed by atoms with Gasteiger partial charge in [-0.2, -0.15) is 11.8 Å². The number of likely N-dealkylation sites (tertiary alicyclic amines) is 1. The van der Waals surface area contributed by atoms with Gasteiger partial charge in [0, 0.05) is 25.9 Å². The number of guanidine groups is 1. The van der Waals surface area contributed by atoms with Crippen molar-refractivity contribution in [2.75, 3.05) is 44.8 Å². The lowest BCUT2D eigenvalue weighted by molar-refractivity contribution is -0.140. The summed E-state index contributed by atoms with van der Waals surface area (Å²) in [5.41, 5.74) is 23.1. The van der Waals surface area contributed by atoms with Gasteiger partial charge in [0.1, 0.15) is 42.3 Å². The van der Waals surface area contributed by atoms with Crippen LogP contribution in [0.1, 0.15) is 57.1 Å². The molecule has 8 atom stereocenters. The molecule has 1 aliphatic rings. The predicted molar refractivity (Wildman–Crippen MR) is 271 cm³/mol. The molecule has 1 heterocycles. The first-order chi connectivity index (χ1) is 34.7. The Kier molecular flexibility index (Phi) is 25.6. The number of amides is 10. The number of carbonyl (C=O) groups excluding carboxylic acids is 10. The Bertz CT molecular complexity index is 2240. The van der Waals surface area contributed by atoms with Crippen LogP contribution in [0, 0.1) is 0 Å². The zero-order chi connectivity index (χ0) is 54.0. The third-order valence-electron chi connectivity index (χ3n) is 11.4. The average molecular weight is 1040 g/mol. The van der Waals surface area contributed by atoms with Crippen molar-refractivity contribution in [2.45, 2.75) is 107 Å². The molecule has 8 unspecified atom stereocenters. The fourth-order valence-corrected chi connectivity index (χ4v) is 7.94. The Labute approximate surface area is 427 Å². The summed E-state index contributed by atoms with van der Waals surface area (Å²) in [7, 11) is 0. The summed E-state index contributed by atoms with van der Waals surface area (Å²) >= 11 is 1.37. The van der Waals surface area contributed by atoms with Crippen molar-refractivity contribution in [3.8, 4) is 0 Å². The van der Waals surface area contributed by atoms with Crippen LogP contribution in [0.2, 0.25) is 0 Å². The number of nitrogens with zero attached hydrogens (tertiary/aromatic N) is 2. The molecule has 0 spiro atoms. The fraction of sp³-hybridized carbons (Fsp3) is 0.511. The van der Waals surface area contributed by atoms with Crippen molar-refractivity contribution in [3.63, 3.8) is 0 Å². The quantitative estimate of drug-likeness (QED) is 0.0199. The van der Waals surface area contributed by atoms with E-state index >= 15 is 0 Å². The number of hydrogen-bond acceptors (Lipinski definition) is 14. The number of benzene rings is 2. The molecule has 2 aromatic carbocycles. The molecular formula is C47H70N14O11S. The summed E-state index contributed by atoms with van der Waals surface area (Å²) in [6.45, 7) is 1.23. The molecule has 26 heteroatoms. The standard InChI is InChI=1S/C47H70N14O11S/c1-27(48)46(72)61-20-11-17-36(61)45(71)60-35(26-62)44(70)58-32(18-21-73-3)41(67)53-25-38(64)56-34(23-30-14-8-5-9-15-30)43(69)59-33(22-29-12-6-4-7-13-29)42(68)54-24-37(63)55-28(2)40(66)57-31(39(49)65)16-10-19-52-47(50)51/h4-9,12-15,27-28,31-36,62H,10-11,16-26,48H2,1-3H3,(H2,49,65)(H,53,67)(H,54,68)(H,55,63)(H,56,64)(H,57,66)(H,58,70)(H,59,69)(H,60,71)(H4,50,51,52). The Morgan fingerprint density at radius 2 is 1.19 bits per heavy atom. The second-order valence-corrected chi connectivity index (χ2v) is 18.2. The van der Waals surface area contributed by atoms with Crippen LogP contribution in [-0.2, 0) is 60.8 Å². The van der Waals surface area contributed by atoms with Gasteiger partial charge in [0.05, 0.1) is 25.7 Å². The van der Waals surface area contributed by atoms with Crippen LogP contribution in [0.4, 0.5) is 0 Å². The molecule has 0 aromatic heterocycles. The van der Waals surface area contributed by atoms with Gasteiger partial charge in [0.15, 0.2) is 5.96 Å². The first-order valence-corrected chi connectivity index (χ1v) is 25.1. The van der Waals surface area contributed by atoms with Gasteiger partial charge in [-0.3, -0.25) is 52.9 Å². The maximum atomic E-state index is 14.1. The van der Waals surface area contributed by atoms with Gasteiger partial charge in [-0.25, -0.2) is 0 Å². The zero-order valence-electron chi connectivity index (χ0n) is 41.2. The number of aliphatic hydroxyl groups excluding tert-OH is 1. The second kappa shape index (κ2) is 31.2. The Morgan fingerprint density at radius 1 is 0.671 bits per heavy atom. The number of carbonyl (C=O) groups is 10. The first kappa shape index (κ1) is 60.0. The van der Waals surface area contributed by atoms with Gasteiger partial charge in [-0.15, -0.1) is 0 Å². The molecular weight excluding hydrogens is 969 g/mol. The van der Waals surface area contributed by atoms with Gasteiger partial charge in [0.2, 0.25) is 59.1 Å². The zero-order valence-corrected chi connectivity index (χ0v) is 42.0. The summed E-state index contributed by atoms with van der Waals surface area (Å²) in [4.78, 5) is 137. The first-order valence-electron chi connectivity index (χ1n) is 23.7. The van der Waals surface area contributed by atoms with Crippen molar-refractivity contribution in [1.82, 2.24) is 47.4 Å². The number of thioether (sulfide) groups is 1. The van der Waals surface area contributed by atoms with Gasteiger partial charge >= 0.3 is 0 Å². The Balaban J connectivity index is 1.69. The molecule has 1 aliphatic heterocycles. The molecule has 1 saturated heterocycles. The monoisotopic (exact) mass is 1040 g/mol. The number of nitrogens with one attached hydrogen (secondary N) is 8. The highest BCUT2D eigenvalue weighted by atomic mass is 32.2. The van der Waals surface area contributed by atoms with Crippen molar-refractivity contribution >= 4 is 76.8 Å². The lowest BCUT2D eigenvalue weighted by Gasteiger charge is -2.27. The average Bonchev–Trinajstić information content (AvgIpc) is 3.86. The van der Waals surface area contributed by atoms with Crippen LogP contribution < -0.4 is 65.5 Å². The molecule has 1 fully saturated rings. The van der Waals surface area contributed by atoms with E-state index in [9.17, 15) is 53.1 Å². The molecule has 73 heavy (non-hydrogen) atoms. The van der Waals surface area contributed by atoms with Gasteiger partial charge in [-0.1, -0.05) is 60.7 Å². The summed E-state index contributed by atoms with van der Waals surface area (Å²) in [5.74, 6) is -7.24. The van der Waals surface area contributed by atoms with E-state index in [1.807, 2.05) is 0 Å². The molecule has 17 N–H and O–H groups in total. The molecule has 10 amide bonds. The Hall–Kier alpha value is -7.32. The van der Waals surface area contributed by atoms with Gasteiger partial charge in [-0.05, 0) is 69.1 Å². The fourth-order valence-electron chi connectivity index (χ4n) is 7.46. The van der Waals surface area contributed by atoms with E-state index in [4.69, 9.17) is 22.9 Å². The van der Waals surface area contributed by atoms with Crippen LogP contribution in [-0.4, -0.2) is 168 Å². The SMILES string of the molecule is CSCCC(NC(=O)C(CO)NC(=O)C1CCCN1C(=O)C(C)N)C(=O)NCC(=O)NC(Cc1ccccc1)C(=O)NC(Cc1ccccc1)C(=O)NCC(=O)NC(C)C(=O)NC(CCCN=C(N)N)C(N)=O. The molecule has 2 aromatic rings. The molecule has 25 nitrogen and oxygen atoms in total. The number of nitrogens with two attached hydrogens (primary N) is 4. The topological polar surface area (TPSA) is 407 Å². The highest BCUT2D eigenvalue weighted by Crippen LogP contribution is 2.18. The van der Waals surface area contributed by atoms with Gasteiger partial charge in [0.25, 0.3) is 0 Å². The van der Waals surface area contributed by atoms with E-state index in [2.05, 4.69) is 47.5 Å². The summed E-state index contributed by atoms with van der Waals surface area (Å²) in [5, 5.41) is 30.2. The van der Waals surface area contributed by atoms with E-state index in [1.54, 1.807) is 66.9 Å². The molecule has 3 rings (SSSR count). The minimum atomic E-state index is -1.48. The molecule has 400 valence electrons. The number of hydrogen-bond donors (Lipinski definition) is 13. The molecule has 0 radical (unpaired) electrons. The Morgan fingerprint density at radius 3 is 1.73 bits per heavy atom. The van der Waals surface area contributed by atoms with Gasteiger partial charge < -0.3 is 75.5 Å². The van der Waals surface area contributed by atoms with Crippen LogP contribution in [0.25, 0.3) is 0 Å². The lowest BCUT2D eigenvalue weighted by atomic mass is 10.0. The highest BCUT2D eigenvalue weighted by Gasteiger charge is 2.37. The van der Waals surface area contributed by atoms with Crippen molar-refractivity contribution in [1.29, 1.82) is 0 Å². The van der Waals surface area contributed by atoms with E-state index in [1.165, 1.54) is 30.5 Å². The maximum absolute atomic E-state index is 14.1. The summed E-state index contributed by atoms with van der Waals surface area (Å²) in [6, 6.07) is 7.98. The summed E-state index contributed by atoms with van der Waals surface area (Å²) in [6.07, 6.45) is 3.06. The number of aliphatic hydroxyl groups is 1. The second-order valence-electron chi connectivity index (χ2n) is 17.3. The number of aliphatic imine (C=N–C) groups is 1. The summed E-state index contributed by atoms with van der Waals surface area (Å²) < 4.78 is 0. The molecule has 0 bridgehead atoms. The van der Waals surface area contributed by atoms with Crippen LogP contribution >= 0.6 is 11.8 Å². The van der Waals surface area contributed by atoms with Crippen molar-refractivity contribution in [2.24, 2.45) is 27.9 Å².